The Morgan fingerprint density at radius 3 is 2.71 bits per heavy atom. The van der Waals surface area contributed by atoms with Gasteiger partial charge in [-0.15, -0.1) is 0 Å². The average molecular weight is 238 g/mol. The number of hydrogen-bond donors (Lipinski definition) is 2. The van der Waals surface area contributed by atoms with E-state index in [4.69, 9.17) is 4.74 Å². The maximum atomic E-state index is 11.6. The maximum absolute atomic E-state index is 11.6. The number of aryl methyl sites for hydroxylation is 1. The Hall–Kier alpha value is -1.69. The number of ether oxygens (including phenoxy) is 1. The molecule has 94 valence electrons. The number of methoxy groups -OCH3 is 1. The van der Waals surface area contributed by atoms with Gasteiger partial charge in [0.25, 0.3) is 0 Å². The first kappa shape index (κ1) is 13.4. The van der Waals surface area contributed by atoms with Crippen molar-refractivity contribution in [3.8, 4) is 0 Å². The lowest BCUT2D eigenvalue weighted by Crippen LogP contribution is -2.39. The third kappa shape index (κ3) is 4.78. The van der Waals surface area contributed by atoms with E-state index in [1.165, 1.54) is 0 Å². The van der Waals surface area contributed by atoms with Gasteiger partial charge in [0.05, 0.1) is 6.61 Å². The molecule has 1 aromatic rings. The molecule has 2 N–H and O–H groups in total. The minimum atomic E-state index is -0.380. The van der Waals surface area contributed by atoms with Crippen LogP contribution in [0, 0.1) is 6.92 Å². The van der Waals surface area contributed by atoms with Crippen molar-refractivity contribution in [3.05, 3.63) is 18.0 Å². The molecule has 1 atom stereocenters. The molecule has 0 spiro atoms. The zero-order chi connectivity index (χ0) is 12.7. The molecule has 0 aromatic carbocycles. The van der Waals surface area contributed by atoms with Crippen LogP contribution in [0.15, 0.2) is 12.4 Å². The summed E-state index contributed by atoms with van der Waals surface area (Å²) in [4.78, 5) is 19.7. The van der Waals surface area contributed by atoms with Gasteiger partial charge >= 0.3 is 0 Å². The fourth-order valence-electron chi connectivity index (χ4n) is 1.16. The first-order chi connectivity index (χ1) is 8.13. The molecule has 0 radical (unpaired) electrons. The topological polar surface area (TPSA) is 76.1 Å². The molecule has 0 aliphatic carbocycles. The van der Waals surface area contributed by atoms with Crippen LogP contribution < -0.4 is 10.6 Å². The van der Waals surface area contributed by atoms with Gasteiger partial charge in [0.15, 0.2) is 0 Å². The number of rotatable bonds is 6. The predicted molar refractivity (Wildman–Crippen MR) is 64.7 cm³/mol. The number of carbonyl (C=O) groups is 1. The van der Waals surface area contributed by atoms with Crippen LogP contribution in [-0.4, -0.2) is 42.2 Å². The summed E-state index contributed by atoms with van der Waals surface area (Å²) in [5.74, 6) is 0.344. The summed E-state index contributed by atoms with van der Waals surface area (Å²) in [5.41, 5.74) is 0.979. The Labute approximate surface area is 101 Å². The molecule has 6 heteroatoms. The van der Waals surface area contributed by atoms with E-state index in [1.807, 2.05) is 6.92 Å². The van der Waals surface area contributed by atoms with Gasteiger partial charge in [-0.3, -0.25) is 4.79 Å². The summed E-state index contributed by atoms with van der Waals surface area (Å²) in [7, 11) is 1.59. The average Bonchev–Trinajstić information content (AvgIpc) is 2.32. The van der Waals surface area contributed by atoms with Crippen molar-refractivity contribution in [2.45, 2.75) is 19.9 Å². The molecule has 6 nitrogen and oxygen atoms in total. The number of hydrogen-bond acceptors (Lipinski definition) is 5. The first-order valence-corrected chi connectivity index (χ1v) is 5.45. The van der Waals surface area contributed by atoms with E-state index >= 15 is 0 Å². The normalized spacial score (nSPS) is 11.9. The van der Waals surface area contributed by atoms with Crippen LogP contribution in [-0.2, 0) is 9.53 Å². The molecule has 0 bridgehead atoms. The molecule has 0 saturated carbocycles. The quantitative estimate of drug-likeness (QED) is 0.699. The van der Waals surface area contributed by atoms with Gasteiger partial charge in [0, 0.05) is 26.0 Å². The Bertz CT molecular complexity index is 353. The molecule has 0 fully saturated rings. The van der Waals surface area contributed by atoms with E-state index in [-0.39, 0.29) is 11.9 Å². The van der Waals surface area contributed by atoms with Crippen LogP contribution in [0.4, 0.5) is 5.95 Å². The number of anilines is 1. The predicted octanol–water partition coefficient (Wildman–Crippen LogP) is 0.348. The second-order valence-electron chi connectivity index (χ2n) is 3.73. The highest BCUT2D eigenvalue weighted by Gasteiger charge is 2.12. The summed E-state index contributed by atoms with van der Waals surface area (Å²) in [6.07, 6.45) is 3.40. The highest BCUT2D eigenvalue weighted by Crippen LogP contribution is 2.00. The molecule has 0 aliphatic heterocycles. The van der Waals surface area contributed by atoms with Gasteiger partial charge in [-0.05, 0) is 19.4 Å². The lowest BCUT2D eigenvalue weighted by molar-refractivity contribution is -0.121. The molecule has 1 aromatic heterocycles. The highest BCUT2D eigenvalue weighted by atomic mass is 16.5. The third-order valence-electron chi connectivity index (χ3n) is 2.13. The molecular weight excluding hydrogens is 220 g/mol. The standard InChI is InChI=1S/C11H18N4O2/c1-8-6-13-11(14-7-8)15-9(2)10(16)12-4-5-17-3/h6-7,9H,4-5H2,1-3H3,(H,12,16)(H,13,14,15). The van der Waals surface area contributed by atoms with Gasteiger partial charge < -0.3 is 15.4 Å². The van der Waals surface area contributed by atoms with E-state index in [0.29, 0.717) is 19.1 Å². The molecule has 0 aliphatic rings. The SMILES string of the molecule is COCCNC(=O)C(C)Nc1ncc(C)cn1. The molecule has 0 saturated heterocycles. The molecule has 1 rings (SSSR count). The largest absolute Gasteiger partial charge is 0.383 e. The van der Waals surface area contributed by atoms with Crippen LogP contribution >= 0.6 is 0 Å². The van der Waals surface area contributed by atoms with Gasteiger partial charge in [0.1, 0.15) is 6.04 Å². The Morgan fingerprint density at radius 1 is 1.47 bits per heavy atom. The van der Waals surface area contributed by atoms with Crippen molar-refractivity contribution in [2.75, 3.05) is 25.6 Å². The second-order valence-corrected chi connectivity index (χ2v) is 3.73. The lowest BCUT2D eigenvalue weighted by Gasteiger charge is -2.13. The summed E-state index contributed by atoms with van der Waals surface area (Å²) >= 11 is 0. The minimum absolute atomic E-state index is 0.105. The molecular formula is C11H18N4O2. The van der Waals surface area contributed by atoms with Crippen LogP contribution in [0.1, 0.15) is 12.5 Å². The van der Waals surface area contributed by atoms with Crippen molar-refractivity contribution in [1.29, 1.82) is 0 Å². The summed E-state index contributed by atoms with van der Waals surface area (Å²) < 4.78 is 4.84. The maximum Gasteiger partial charge on any atom is 0.242 e. The van der Waals surface area contributed by atoms with Crippen LogP contribution in [0.25, 0.3) is 0 Å². The van der Waals surface area contributed by atoms with Gasteiger partial charge in [-0.1, -0.05) is 0 Å². The lowest BCUT2D eigenvalue weighted by atomic mass is 10.3. The van der Waals surface area contributed by atoms with Crippen molar-refractivity contribution < 1.29 is 9.53 Å². The first-order valence-electron chi connectivity index (χ1n) is 5.45. The molecule has 1 amide bonds. The van der Waals surface area contributed by atoms with Crippen molar-refractivity contribution >= 4 is 11.9 Å². The monoisotopic (exact) mass is 238 g/mol. The summed E-state index contributed by atoms with van der Waals surface area (Å²) in [5, 5.41) is 5.65. The van der Waals surface area contributed by atoms with E-state index in [9.17, 15) is 4.79 Å². The van der Waals surface area contributed by atoms with Crippen molar-refractivity contribution in [3.63, 3.8) is 0 Å². The van der Waals surface area contributed by atoms with Crippen LogP contribution in [0.5, 0.6) is 0 Å². The van der Waals surface area contributed by atoms with Crippen LogP contribution in [0.2, 0.25) is 0 Å². The summed E-state index contributed by atoms with van der Waals surface area (Å²) in [6, 6.07) is -0.380. The van der Waals surface area contributed by atoms with Crippen molar-refractivity contribution in [2.24, 2.45) is 0 Å². The number of aromatic nitrogens is 2. The zero-order valence-electron chi connectivity index (χ0n) is 10.4. The zero-order valence-corrected chi connectivity index (χ0v) is 10.4. The van der Waals surface area contributed by atoms with Gasteiger partial charge in [-0.2, -0.15) is 0 Å². The summed E-state index contributed by atoms with van der Waals surface area (Å²) in [6.45, 7) is 4.66. The number of nitrogens with one attached hydrogen (secondary N) is 2. The molecule has 1 unspecified atom stereocenters. The second kappa shape index (κ2) is 6.80. The minimum Gasteiger partial charge on any atom is -0.383 e. The third-order valence-corrected chi connectivity index (χ3v) is 2.13. The smallest absolute Gasteiger partial charge is 0.242 e. The highest BCUT2D eigenvalue weighted by molar-refractivity contribution is 5.83. The fourth-order valence-corrected chi connectivity index (χ4v) is 1.16. The van der Waals surface area contributed by atoms with Crippen molar-refractivity contribution in [1.82, 2.24) is 15.3 Å². The van der Waals surface area contributed by atoms with Gasteiger partial charge in [-0.25, -0.2) is 9.97 Å². The Balaban J connectivity index is 2.40. The Kier molecular flexibility index (Phi) is 5.35. The Morgan fingerprint density at radius 2 is 2.12 bits per heavy atom. The van der Waals surface area contributed by atoms with Gasteiger partial charge in [0.2, 0.25) is 11.9 Å². The fraction of sp³-hybridized carbons (Fsp3) is 0.545. The van der Waals surface area contributed by atoms with E-state index in [2.05, 4.69) is 20.6 Å². The van der Waals surface area contributed by atoms with Crippen LogP contribution in [0.3, 0.4) is 0 Å². The molecule has 1 heterocycles. The van der Waals surface area contributed by atoms with E-state index in [1.54, 1.807) is 26.4 Å². The van der Waals surface area contributed by atoms with E-state index in [0.717, 1.165) is 5.56 Å². The number of amides is 1. The molecule has 17 heavy (non-hydrogen) atoms. The van der Waals surface area contributed by atoms with E-state index < -0.39 is 0 Å². The number of nitrogens with zero attached hydrogens (tertiary/aromatic N) is 2. The number of carbonyl (C=O) groups excluding carboxylic acids is 1.